The number of nitrogens with one attached hydrogen (secondary N) is 1. The number of piperazine rings is 1. The van der Waals surface area contributed by atoms with Crippen molar-refractivity contribution in [3.8, 4) is 0 Å². The number of H-pyrrole nitrogens is 1. The Morgan fingerprint density at radius 2 is 1.93 bits per heavy atom. The monoisotopic (exact) mass is 428 g/mol. The number of halogens is 1. The molecule has 1 saturated heterocycles. The number of aryl methyl sites for hydroxylation is 3. The minimum atomic E-state index is -0.144. The van der Waals surface area contributed by atoms with Gasteiger partial charge in [0.15, 0.2) is 0 Å². The fourth-order valence-electron chi connectivity index (χ4n) is 4.19. The van der Waals surface area contributed by atoms with E-state index in [-0.39, 0.29) is 11.5 Å². The molecule has 3 aromatic rings. The number of aromatic amines is 1. The molecule has 0 saturated carbocycles. The van der Waals surface area contributed by atoms with Crippen molar-refractivity contribution in [1.82, 2.24) is 24.6 Å². The van der Waals surface area contributed by atoms with Crippen LogP contribution in [-0.2, 0) is 18.3 Å². The first-order valence-corrected chi connectivity index (χ1v) is 10.4. The van der Waals surface area contributed by atoms with Gasteiger partial charge in [-0.3, -0.25) is 14.3 Å². The molecule has 4 rings (SSSR count). The van der Waals surface area contributed by atoms with E-state index in [1.807, 2.05) is 37.9 Å². The molecule has 158 valence electrons. The summed E-state index contributed by atoms with van der Waals surface area (Å²) in [5.74, 6) is 0.939. The van der Waals surface area contributed by atoms with Crippen LogP contribution in [0.1, 0.15) is 23.2 Å². The van der Waals surface area contributed by atoms with Crippen molar-refractivity contribution in [1.29, 1.82) is 0 Å². The van der Waals surface area contributed by atoms with Crippen molar-refractivity contribution in [2.24, 2.45) is 7.05 Å². The third-order valence-corrected chi connectivity index (χ3v) is 6.04. The number of carbonyl (C=O) groups is 1. The summed E-state index contributed by atoms with van der Waals surface area (Å²) in [6.07, 6.45) is 2.37. The summed E-state index contributed by atoms with van der Waals surface area (Å²) < 4.78 is 1.68. The average molecular weight is 429 g/mol. The second kappa shape index (κ2) is 8.10. The van der Waals surface area contributed by atoms with Crippen LogP contribution in [0.25, 0.3) is 11.0 Å². The molecule has 1 aliphatic heterocycles. The molecule has 1 aliphatic rings. The SMILES string of the molecule is Cc1nn(C)c2[nH]c(=O)c(CCC(=O)N3CCN(c4ccc(Cl)cn4)CC3)c(C)c12. The van der Waals surface area contributed by atoms with Crippen molar-refractivity contribution in [2.75, 3.05) is 31.1 Å². The maximum atomic E-state index is 12.8. The normalized spacial score (nSPS) is 14.5. The summed E-state index contributed by atoms with van der Waals surface area (Å²) in [6, 6.07) is 3.72. The van der Waals surface area contributed by atoms with Crippen LogP contribution in [-0.4, -0.2) is 56.7 Å². The molecular weight excluding hydrogens is 404 g/mol. The van der Waals surface area contributed by atoms with Gasteiger partial charge >= 0.3 is 0 Å². The molecule has 8 nitrogen and oxygen atoms in total. The van der Waals surface area contributed by atoms with E-state index < -0.39 is 0 Å². The van der Waals surface area contributed by atoms with Gasteiger partial charge in [0, 0.05) is 56.8 Å². The lowest BCUT2D eigenvalue weighted by atomic mass is 10.0. The number of hydrogen-bond acceptors (Lipinski definition) is 5. The number of carbonyl (C=O) groups excluding carboxylic acids is 1. The van der Waals surface area contributed by atoms with Gasteiger partial charge in [-0.05, 0) is 38.0 Å². The van der Waals surface area contributed by atoms with Crippen molar-refractivity contribution < 1.29 is 4.79 Å². The smallest absolute Gasteiger partial charge is 0.253 e. The molecule has 0 radical (unpaired) electrons. The Hall–Kier alpha value is -2.87. The van der Waals surface area contributed by atoms with Gasteiger partial charge < -0.3 is 14.8 Å². The van der Waals surface area contributed by atoms with Crippen molar-refractivity contribution >= 4 is 34.4 Å². The number of hydrogen-bond donors (Lipinski definition) is 1. The molecule has 0 aliphatic carbocycles. The van der Waals surface area contributed by atoms with Crippen LogP contribution in [0.3, 0.4) is 0 Å². The number of pyridine rings is 2. The quantitative estimate of drug-likeness (QED) is 0.688. The Kier molecular flexibility index (Phi) is 5.51. The molecule has 4 heterocycles. The van der Waals surface area contributed by atoms with Gasteiger partial charge in [0.25, 0.3) is 5.56 Å². The van der Waals surface area contributed by atoms with Gasteiger partial charge in [-0.1, -0.05) is 11.6 Å². The van der Waals surface area contributed by atoms with Gasteiger partial charge in [0.1, 0.15) is 11.5 Å². The predicted octanol–water partition coefficient (Wildman–Crippen LogP) is 2.21. The van der Waals surface area contributed by atoms with Gasteiger partial charge in [-0.2, -0.15) is 5.10 Å². The van der Waals surface area contributed by atoms with Crippen LogP contribution >= 0.6 is 11.6 Å². The van der Waals surface area contributed by atoms with E-state index in [1.165, 1.54) is 0 Å². The highest BCUT2D eigenvalue weighted by Gasteiger charge is 2.23. The first kappa shape index (κ1) is 20.4. The lowest BCUT2D eigenvalue weighted by Gasteiger charge is -2.35. The number of amides is 1. The number of fused-ring (bicyclic) bond motifs is 1. The van der Waals surface area contributed by atoms with E-state index in [4.69, 9.17) is 11.6 Å². The average Bonchev–Trinajstić information content (AvgIpc) is 3.01. The zero-order chi connectivity index (χ0) is 21.4. The van der Waals surface area contributed by atoms with Crippen molar-refractivity contribution in [2.45, 2.75) is 26.7 Å². The Bertz CT molecular complexity index is 1140. The number of nitrogens with zero attached hydrogens (tertiary/aromatic N) is 5. The number of anilines is 1. The third-order valence-electron chi connectivity index (χ3n) is 5.81. The van der Waals surface area contributed by atoms with Crippen molar-refractivity contribution in [3.05, 3.63) is 50.5 Å². The summed E-state index contributed by atoms with van der Waals surface area (Å²) in [5, 5.41) is 5.96. The second-order valence-electron chi connectivity index (χ2n) is 7.69. The molecule has 1 amide bonds. The molecule has 0 aromatic carbocycles. The molecule has 0 atom stereocenters. The zero-order valence-corrected chi connectivity index (χ0v) is 18.2. The Balaban J connectivity index is 1.40. The zero-order valence-electron chi connectivity index (χ0n) is 17.4. The van der Waals surface area contributed by atoms with E-state index in [2.05, 4.69) is 20.0 Å². The highest BCUT2D eigenvalue weighted by Crippen LogP contribution is 2.22. The molecular formula is C21H25ClN6O2. The highest BCUT2D eigenvalue weighted by atomic mass is 35.5. The van der Waals surface area contributed by atoms with E-state index >= 15 is 0 Å². The first-order valence-electron chi connectivity index (χ1n) is 10.0. The van der Waals surface area contributed by atoms with Gasteiger partial charge in [0.05, 0.1) is 10.7 Å². The lowest BCUT2D eigenvalue weighted by molar-refractivity contribution is -0.131. The standard InChI is InChI=1S/C21H25ClN6O2/c1-13-16(21(30)24-20-19(13)14(2)25-26(20)3)5-7-18(29)28-10-8-27(9-11-28)17-6-4-15(22)12-23-17/h4,6,12H,5,7-11H2,1-3H3,(H,24,30). The van der Waals surface area contributed by atoms with E-state index in [0.29, 0.717) is 36.5 Å². The molecule has 30 heavy (non-hydrogen) atoms. The summed E-state index contributed by atoms with van der Waals surface area (Å²) in [7, 11) is 1.81. The van der Waals surface area contributed by atoms with Crippen LogP contribution in [0.2, 0.25) is 5.02 Å². The summed E-state index contributed by atoms with van der Waals surface area (Å²) >= 11 is 5.90. The third kappa shape index (κ3) is 3.79. The highest BCUT2D eigenvalue weighted by molar-refractivity contribution is 6.30. The maximum absolute atomic E-state index is 12.8. The van der Waals surface area contributed by atoms with Gasteiger partial charge in [-0.15, -0.1) is 0 Å². The van der Waals surface area contributed by atoms with Crippen LogP contribution in [0.4, 0.5) is 5.82 Å². The maximum Gasteiger partial charge on any atom is 0.253 e. The number of rotatable bonds is 4. The van der Waals surface area contributed by atoms with E-state index in [9.17, 15) is 9.59 Å². The molecule has 0 bridgehead atoms. The van der Waals surface area contributed by atoms with Crippen LogP contribution in [0, 0.1) is 13.8 Å². The Morgan fingerprint density at radius 3 is 2.60 bits per heavy atom. The lowest BCUT2D eigenvalue weighted by Crippen LogP contribution is -2.49. The van der Waals surface area contributed by atoms with E-state index in [0.717, 1.165) is 41.2 Å². The molecule has 0 spiro atoms. The number of aromatic nitrogens is 4. The van der Waals surface area contributed by atoms with Crippen LogP contribution in [0.5, 0.6) is 0 Å². The fraction of sp³-hybridized carbons (Fsp3) is 0.429. The fourth-order valence-corrected chi connectivity index (χ4v) is 4.30. The largest absolute Gasteiger partial charge is 0.353 e. The summed E-state index contributed by atoms with van der Waals surface area (Å²) in [5.41, 5.74) is 3.02. The molecule has 3 aromatic heterocycles. The van der Waals surface area contributed by atoms with Crippen LogP contribution < -0.4 is 10.5 Å². The summed E-state index contributed by atoms with van der Waals surface area (Å²) in [6.45, 7) is 6.58. The van der Waals surface area contributed by atoms with Gasteiger partial charge in [-0.25, -0.2) is 4.98 Å². The Labute approximate surface area is 179 Å². The molecule has 1 fully saturated rings. The van der Waals surface area contributed by atoms with Crippen LogP contribution in [0.15, 0.2) is 23.1 Å². The Morgan fingerprint density at radius 1 is 1.20 bits per heavy atom. The van der Waals surface area contributed by atoms with Crippen molar-refractivity contribution in [3.63, 3.8) is 0 Å². The topological polar surface area (TPSA) is 87.1 Å². The predicted molar refractivity (Wildman–Crippen MR) is 117 cm³/mol. The van der Waals surface area contributed by atoms with E-state index in [1.54, 1.807) is 10.9 Å². The minimum absolute atomic E-state index is 0.0699. The minimum Gasteiger partial charge on any atom is -0.353 e. The first-order chi connectivity index (χ1) is 14.3. The molecule has 9 heteroatoms. The molecule has 0 unspecified atom stereocenters. The second-order valence-corrected chi connectivity index (χ2v) is 8.13. The summed E-state index contributed by atoms with van der Waals surface area (Å²) in [4.78, 5) is 36.6. The molecule has 1 N–H and O–H groups in total. The van der Waals surface area contributed by atoms with Gasteiger partial charge in [0.2, 0.25) is 5.91 Å².